The smallest absolute Gasteiger partial charge is 0.339 e. The predicted octanol–water partition coefficient (Wildman–Crippen LogP) is 2.76. The quantitative estimate of drug-likeness (QED) is 0.239. The highest BCUT2D eigenvalue weighted by atomic mass is 16.6. The molecule has 0 fully saturated rings. The maximum atomic E-state index is 10.3. The molecule has 0 radical (unpaired) electrons. The number of aliphatic hydroxyl groups excluding tert-OH is 2. The van der Waals surface area contributed by atoms with Gasteiger partial charge in [0.2, 0.25) is 0 Å². The molecule has 0 spiro atoms. The van der Waals surface area contributed by atoms with E-state index in [2.05, 4.69) is 0 Å². The van der Waals surface area contributed by atoms with Gasteiger partial charge in [0.1, 0.15) is 22.6 Å². The third-order valence-electron chi connectivity index (χ3n) is 4.38. The number of aromatic carboxylic acids is 2. The van der Waals surface area contributed by atoms with Crippen molar-refractivity contribution in [1.82, 2.24) is 0 Å². The number of benzene rings is 2. The SMILES string of the molecule is CC(O)COC(C)COC(C)COC(C)CO.O=C(O)c1ccccc1O.O=C(O)c1ccccc1O. The lowest BCUT2D eigenvalue weighted by Gasteiger charge is -2.19. The Kier molecular flexibility index (Phi) is 17.3. The third-order valence-corrected chi connectivity index (χ3v) is 4.38. The van der Waals surface area contributed by atoms with Crippen LogP contribution in [0.25, 0.3) is 0 Å². The van der Waals surface area contributed by atoms with Gasteiger partial charge >= 0.3 is 11.9 Å². The Bertz CT molecular complexity index is 861. The normalized spacial score (nSPS) is 13.6. The van der Waals surface area contributed by atoms with Crippen molar-refractivity contribution in [3.63, 3.8) is 0 Å². The summed E-state index contributed by atoms with van der Waals surface area (Å²) in [6.07, 6.45) is -0.711. The zero-order chi connectivity index (χ0) is 28.4. The summed E-state index contributed by atoms with van der Waals surface area (Å²) in [7, 11) is 0. The van der Waals surface area contributed by atoms with Gasteiger partial charge in [-0.1, -0.05) is 24.3 Å². The summed E-state index contributed by atoms with van der Waals surface area (Å²) in [4.78, 5) is 20.5. The predicted molar refractivity (Wildman–Crippen MR) is 135 cm³/mol. The van der Waals surface area contributed by atoms with Crippen molar-refractivity contribution in [1.29, 1.82) is 0 Å². The fourth-order valence-corrected chi connectivity index (χ4v) is 2.36. The molecule has 11 nitrogen and oxygen atoms in total. The van der Waals surface area contributed by atoms with E-state index in [9.17, 15) is 9.59 Å². The van der Waals surface area contributed by atoms with Crippen molar-refractivity contribution in [2.75, 3.05) is 26.4 Å². The minimum absolute atomic E-state index is 0.0145. The van der Waals surface area contributed by atoms with Crippen molar-refractivity contribution < 1.29 is 54.4 Å². The Hall–Kier alpha value is -3.22. The van der Waals surface area contributed by atoms with Crippen LogP contribution in [-0.2, 0) is 14.2 Å². The highest BCUT2D eigenvalue weighted by Crippen LogP contribution is 2.15. The zero-order valence-corrected chi connectivity index (χ0v) is 21.5. The number of hydrogen-bond acceptors (Lipinski definition) is 9. The second kappa shape index (κ2) is 19.0. The Morgan fingerprint density at radius 1 is 0.676 bits per heavy atom. The molecule has 2 rings (SSSR count). The van der Waals surface area contributed by atoms with E-state index in [-0.39, 0.29) is 47.5 Å². The van der Waals surface area contributed by atoms with Crippen molar-refractivity contribution in [2.24, 2.45) is 0 Å². The monoisotopic (exact) mass is 526 g/mol. The van der Waals surface area contributed by atoms with Crippen LogP contribution in [0, 0.1) is 0 Å². The average Bonchev–Trinajstić information content (AvgIpc) is 2.85. The van der Waals surface area contributed by atoms with Crippen LogP contribution in [0.4, 0.5) is 0 Å². The lowest BCUT2D eigenvalue weighted by atomic mass is 10.2. The van der Waals surface area contributed by atoms with Gasteiger partial charge in [0.05, 0.1) is 50.8 Å². The fourth-order valence-electron chi connectivity index (χ4n) is 2.36. The molecule has 0 aliphatic carbocycles. The van der Waals surface area contributed by atoms with Crippen LogP contribution in [0.3, 0.4) is 0 Å². The number of carboxylic acids is 2. The molecular formula is C26H38O11. The van der Waals surface area contributed by atoms with Gasteiger partial charge < -0.3 is 44.8 Å². The van der Waals surface area contributed by atoms with E-state index in [1.807, 2.05) is 13.8 Å². The Balaban J connectivity index is 0.000000555. The summed E-state index contributed by atoms with van der Waals surface area (Å²) in [5.41, 5.74) is -0.134. The molecule has 37 heavy (non-hydrogen) atoms. The first-order chi connectivity index (χ1) is 17.4. The number of hydrogen-bond donors (Lipinski definition) is 6. The first-order valence-corrected chi connectivity index (χ1v) is 11.5. The molecule has 0 saturated heterocycles. The van der Waals surface area contributed by atoms with E-state index in [1.54, 1.807) is 38.1 Å². The zero-order valence-electron chi connectivity index (χ0n) is 21.5. The van der Waals surface area contributed by atoms with Crippen molar-refractivity contribution in [2.45, 2.75) is 52.1 Å². The standard InChI is InChI=1S/C12H26O5.2C7H6O3/c1-9(14)6-15-11(3)8-17-12(4)7-16-10(2)5-13;2*8-6-4-2-1-3-5(6)7(9)10/h9-14H,5-8H2,1-4H3;2*1-4,8H,(H,9,10). The second-order valence-electron chi connectivity index (χ2n) is 8.11. The minimum atomic E-state index is -1.11. The van der Waals surface area contributed by atoms with E-state index in [4.69, 9.17) is 44.8 Å². The van der Waals surface area contributed by atoms with Gasteiger partial charge in [-0.25, -0.2) is 9.59 Å². The van der Waals surface area contributed by atoms with Crippen molar-refractivity contribution in [3.05, 3.63) is 59.7 Å². The van der Waals surface area contributed by atoms with Gasteiger partial charge in [-0.3, -0.25) is 0 Å². The lowest BCUT2D eigenvalue weighted by Crippen LogP contribution is -2.27. The Morgan fingerprint density at radius 2 is 1.03 bits per heavy atom. The maximum absolute atomic E-state index is 10.3. The Morgan fingerprint density at radius 3 is 1.32 bits per heavy atom. The number of aliphatic hydroxyl groups is 2. The van der Waals surface area contributed by atoms with Gasteiger partial charge in [-0.15, -0.1) is 0 Å². The van der Waals surface area contributed by atoms with Gasteiger partial charge in [0.15, 0.2) is 0 Å². The Labute approximate surface area is 216 Å². The first-order valence-electron chi connectivity index (χ1n) is 11.5. The van der Waals surface area contributed by atoms with E-state index < -0.39 is 18.0 Å². The maximum Gasteiger partial charge on any atom is 0.339 e. The number of ether oxygens (including phenoxy) is 3. The minimum Gasteiger partial charge on any atom is -0.507 e. The molecule has 0 amide bonds. The molecular weight excluding hydrogens is 488 g/mol. The number of para-hydroxylation sites is 2. The van der Waals surface area contributed by atoms with Crippen molar-refractivity contribution >= 4 is 11.9 Å². The molecule has 0 aromatic heterocycles. The van der Waals surface area contributed by atoms with Crippen LogP contribution < -0.4 is 0 Å². The molecule has 0 bridgehead atoms. The average molecular weight is 527 g/mol. The van der Waals surface area contributed by atoms with Gasteiger partial charge in [0.25, 0.3) is 0 Å². The summed E-state index contributed by atoms with van der Waals surface area (Å²) < 4.78 is 16.2. The highest BCUT2D eigenvalue weighted by molar-refractivity contribution is 5.91. The summed E-state index contributed by atoms with van der Waals surface area (Å²) in [6.45, 7) is 8.53. The van der Waals surface area contributed by atoms with Gasteiger partial charge in [0, 0.05) is 0 Å². The summed E-state index contributed by atoms with van der Waals surface area (Å²) in [5, 5.41) is 52.4. The van der Waals surface area contributed by atoms with Gasteiger partial charge in [-0.2, -0.15) is 0 Å². The van der Waals surface area contributed by atoms with Crippen LogP contribution in [-0.4, -0.2) is 93.4 Å². The molecule has 6 N–H and O–H groups in total. The number of aromatic hydroxyl groups is 2. The van der Waals surface area contributed by atoms with E-state index in [0.29, 0.717) is 19.8 Å². The van der Waals surface area contributed by atoms with Crippen LogP contribution in [0.5, 0.6) is 11.5 Å². The summed E-state index contributed by atoms with van der Waals surface area (Å²) in [5.74, 6) is -2.62. The molecule has 0 aliphatic rings. The molecule has 4 atom stereocenters. The van der Waals surface area contributed by atoms with Crippen LogP contribution in [0.1, 0.15) is 48.4 Å². The topological polar surface area (TPSA) is 183 Å². The molecule has 0 aliphatic heterocycles. The van der Waals surface area contributed by atoms with E-state index in [1.165, 1.54) is 24.3 Å². The van der Waals surface area contributed by atoms with Gasteiger partial charge in [-0.05, 0) is 52.0 Å². The molecule has 4 unspecified atom stereocenters. The van der Waals surface area contributed by atoms with E-state index >= 15 is 0 Å². The number of carboxylic acid groups (broad SMARTS) is 2. The third kappa shape index (κ3) is 16.2. The van der Waals surface area contributed by atoms with Crippen LogP contribution in [0.15, 0.2) is 48.5 Å². The fraction of sp³-hybridized carbons (Fsp3) is 0.462. The molecule has 2 aromatic rings. The summed E-state index contributed by atoms with van der Waals surface area (Å²) >= 11 is 0. The number of carbonyl (C=O) groups is 2. The number of rotatable bonds is 12. The summed E-state index contributed by atoms with van der Waals surface area (Å²) in [6, 6.07) is 11.6. The highest BCUT2D eigenvalue weighted by Gasteiger charge is 2.10. The van der Waals surface area contributed by atoms with E-state index in [0.717, 1.165) is 0 Å². The number of phenols is 2. The second-order valence-corrected chi connectivity index (χ2v) is 8.11. The lowest BCUT2D eigenvalue weighted by molar-refractivity contribution is -0.0825. The van der Waals surface area contributed by atoms with Crippen LogP contribution >= 0.6 is 0 Å². The largest absolute Gasteiger partial charge is 0.507 e. The molecule has 2 aromatic carbocycles. The van der Waals surface area contributed by atoms with Crippen molar-refractivity contribution in [3.8, 4) is 11.5 Å². The molecule has 0 saturated carbocycles. The first kappa shape index (κ1) is 33.8. The molecule has 11 heteroatoms. The molecule has 208 valence electrons. The molecule has 0 heterocycles. The van der Waals surface area contributed by atoms with Crippen LogP contribution in [0.2, 0.25) is 0 Å².